The molecular formula is C104H142BrCl2KN12O15. The van der Waals surface area contributed by atoms with E-state index in [1.54, 1.807) is 20.8 Å². The fourth-order valence-electron chi connectivity index (χ4n) is 17.4. The van der Waals surface area contributed by atoms with Crippen molar-refractivity contribution in [3.05, 3.63) is 229 Å². The molecule has 8 fully saturated rings. The van der Waals surface area contributed by atoms with Crippen LogP contribution in [0.4, 0.5) is 50.6 Å². The summed E-state index contributed by atoms with van der Waals surface area (Å²) in [5.74, 6) is 0. The molecule has 730 valence electrons. The average molecular weight is 1990 g/mol. The van der Waals surface area contributed by atoms with Crippen molar-refractivity contribution in [1.29, 1.82) is 0 Å². The van der Waals surface area contributed by atoms with Gasteiger partial charge in [-0.05, 0) is 254 Å². The van der Waals surface area contributed by atoms with E-state index in [1.807, 2.05) is 242 Å². The van der Waals surface area contributed by atoms with Crippen LogP contribution in [0, 0.1) is 0 Å². The van der Waals surface area contributed by atoms with Crippen molar-refractivity contribution >= 4 is 98.8 Å². The fourth-order valence-corrected chi connectivity index (χ4v) is 18.3. The molecule has 8 atom stereocenters. The number of anilines is 3. The minimum atomic E-state index is -0.750. The van der Waals surface area contributed by atoms with Crippen LogP contribution < -0.4 is 98.2 Å². The van der Waals surface area contributed by atoms with Gasteiger partial charge in [0, 0.05) is 94.2 Å². The third kappa shape index (κ3) is 36.9. The quantitative estimate of drug-likeness (QED) is 0.0350. The number of nitrogens with zero attached hydrogens (tertiary/aromatic N) is 7. The number of amides is 7. The number of fused-ring (bicyclic) bond motifs is 8. The summed E-state index contributed by atoms with van der Waals surface area (Å²) in [6, 6.07) is 59.3. The topological polar surface area (TPSA) is 304 Å². The fraction of sp³-hybridized carbons (Fsp3) is 0.529. The van der Waals surface area contributed by atoms with Gasteiger partial charge in [0.15, 0.2) is 0 Å². The second-order valence-corrected chi connectivity index (χ2v) is 41.9. The Morgan fingerprint density at radius 1 is 0.370 bits per heavy atom. The molecule has 8 aliphatic rings. The van der Waals surface area contributed by atoms with Crippen LogP contribution in [0.1, 0.15) is 194 Å². The van der Waals surface area contributed by atoms with Gasteiger partial charge in [-0.2, -0.15) is 0 Å². The zero-order valence-electron chi connectivity index (χ0n) is 81.9. The number of carbonyl (C=O) groups is 7. The van der Waals surface area contributed by atoms with E-state index in [0.717, 1.165) is 177 Å². The third-order valence-corrected chi connectivity index (χ3v) is 24.4. The summed E-state index contributed by atoms with van der Waals surface area (Å²) in [5.41, 5.74) is 13.7. The van der Waals surface area contributed by atoms with Gasteiger partial charge in [0.1, 0.15) is 42.2 Å². The summed E-state index contributed by atoms with van der Waals surface area (Å²) in [5, 5.41) is 23.2. The van der Waals surface area contributed by atoms with Crippen LogP contribution in [-0.2, 0) is 78.7 Å². The predicted octanol–water partition coefficient (Wildman–Crippen LogP) is 16.0. The maximum atomic E-state index is 12.7. The Balaban J connectivity index is 0.000000191. The summed E-state index contributed by atoms with van der Waals surface area (Å²) < 4.78 is 39.0. The SMILES string of the molecule is CC(C)(C)OC(=O)N1C2CCC1CN(c1ccc(CCN)cc1Cl)C2.CC(C)(C)OC(=O)N1C2CCC1CN(c1ccc(CCNC(=O)OCc3ccccc3)cc1)C2.CC(C)(C)OC(=O)N1C2CCC1CN(c1ccc(CCNC(=O)OCc3ccccc3)cc1Cl)C2.CC(C)(C)OC(=O)N1C2CCC1CNC2.CC(C)(C)[O-].O=C(NCCc1ccc(Br)cc1)OCc1ccccc1.[K+]. The number of nitrogens with one attached hydrogen (secondary N) is 4. The largest absolute Gasteiger partial charge is 1.00 e. The number of ether oxygens (including phenoxy) is 7. The molecular weight excluding hydrogens is 1850 g/mol. The van der Waals surface area contributed by atoms with Crippen LogP contribution in [0.5, 0.6) is 0 Å². The zero-order chi connectivity index (χ0) is 97.1. The molecule has 31 heteroatoms. The zero-order valence-corrected chi connectivity index (χ0v) is 88.1. The maximum Gasteiger partial charge on any atom is 1.00 e. The molecule has 135 heavy (non-hydrogen) atoms. The number of hydrogen-bond acceptors (Lipinski definition) is 20. The number of hydrogen-bond donors (Lipinski definition) is 5. The molecule has 15 rings (SSSR count). The molecule has 8 heterocycles. The van der Waals surface area contributed by atoms with E-state index in [1.165, 1.54) is 11.3 Å². The number of halogens is 3. The summed E-state index contributed by atoms with van der Waals surface area (Å²) in [7, 11) is 0. The van der Waals surface area contributed by atoms with E-state index in [9.17, 15) is 38.7 Å². The van der Waals surface area contributed by atoms with Gasteiger partial charge in [-0.3, -0.25) is 19.6 Å². The molecule has 8 unspecified atom stereocenters. The minimum Gasteiger partial charge on any atom is -0.850 e. The smallest absolute Gasteiger partial charge is 0.850 e. The first-order valence-electron chi connectivity index (χ1n) is 47.1. The Morgan fingerprint density at radius 3 is 0.919 bits per heavy atom. The van der Waals surface area contributed by atoms with Crippen LogP contribution in [0.25, 0.3) is 0 Å². The van der Waals surface area contributed by atoms with Gasteiger partial charge in [-0.25, -0.2) is 33.6 Å². The van der Waals surface area contributed by atoms with Crippen molar-refractivity contribution < 1.29 is 123 Å². The van der Waals surface area contributed by atoms with Crippen molar-refractivity contribution in [1.82, 2.24) is 40.9 Å². The van der Waals surface area contributed by atoms with Crippen LogP contribution in [0.2, 0.25) is 10.0 Å². The van der Waals surface area contributed by atoms with Gasteiger partial charge in [-0.15, -0.1) is 5.60 Å². The number of piperazine rings is 4. The molecule has 0 aromatic heterocycles. The summed E-state index contributed by atoms with van der Waals surface area (Å²) in [4.78, 5) is 100.0. The molecule has 8 bridgehead atoms. The molecule has 8 saturated heterocycles. The van der Waals surface area contributed by atoms with Gasteiger partial charge >= 0.3 is 94.0 Å². The second kappa shape index (κ2) is 51.9. The first-order valence-corrected chi connectivity index (χ1v) is 48.7. The molecule has 7 aromatic carbocycles. The average Bonchev–Trinajstić information content (AvgIpc) is 1.60. The van der Waals surface area contributed by atoms with Crippen LogP contribution in [0.3, 0.4) is 0 Å². The van der Waals surface area contributed by atoms with E-state index in [4.69, 9.17) is 62.1 Å². The minimum absolute atomic E-state index is 0. The van der Waals surface area contributed by atoms with E-state index in [2.05, 4.69) is 88.3 Å². The second-order valence-electron chi connectivity index (χ2n) is 40.2. The van der Waals surface area contributed by atoms with E-state index >= 15 is 0 Å². The van der Waals surface area contributed by atoms with Crippen molar-refractivity contribution in [3.63, 3.8) is 0 Å². The summed E-state index contributed by atoms with van der Waals surface area (Å²) >= 11 is 16.6. The molecule has 7 amide bonds. The number of benzene rings is 7. The molecule has 8 aliphatic heterocycles. The number of rotatable bonds is 20. The molecule has 0 saturated carbocycles. The van der Waals surface area contributed by atoms with Gasteiger partial charge < -0.3 is 80.0 Å². The number of alkyl carbamates (subject to hydrolysis) is 3. The van der Waals surface area contributed by atoms with E-state index < -0.39 is 34.6 Å². The Hall–Kier alpha value is -8.59. The van der Waals surface area contributed by atoms with Crippen molar-refractivity contribution in [2.45, 2.75) is 277 Å². The molecule has 0 radical (unpaired) electrons. The van der Waals surface area contributed by atoms with Crippen LogP contribution in [0.15, 0.2) is 180 Å². The Morgan fingerprint density at radius 2 is 0.630 bits per heavy atom. The monoisotopic (exact) mass is 1990 g/mol. The molecule has 0 aliphatic carbocycles. The Bertz CT molecular complexity index is 4850. The van der Waals surface area contributed by atoms with E-state index in [-0.39, 0.29) is 137 Å². The van der Waals surface area contributed by atoms with Gasteiger partial charge in [0.2, 0.25) is 0 Å². The number of carbonyl (C=O) groups excluding carboxylic acids is 7. The number of nitrogens with two attached hydrogens (primary N) is 1. The first kappa shape index (κ1) is 110. The van der Waals surface area contributed by atoms with E-state index in [0.29, 0.717) is 56.3 Å². The third-order valence-electron chi connectivity index (χ3n) is 23.3. The van der Waals surface area contributed by atoms with Crippen LogP contribution >= 0.6 is 39.1 Å². The van der Waals surface area contributed by atoms with Crippen LogP contribution in [-0.4, -0.2) is 217 Å². The van der Waals surface area contributed by atoms with Crippen molar-refractivity contribution in [2.75, 3.05) is 93.2 Å². The van der Waals surface area contributed by atoms with Gasteiger partial charge in [0.05, 0.1) is 57.7 Å². The molecule has 7 aromatic rings. The molecule has 0 spiro atoms. The summed E-state index contributed by atoms with van der Waals surface area (Å²) in [6.45, 7) is 37.3. The van der Waals surface area contributed by atoms with Gasteiger partial charge in [-0.1, -0.05) is 187 Å². The standard InChI is InChI=1S/C27H34ClN3O4.C27H35N3O4.C19H28ClN3O2.C16H16BrNO2.C11H20N2O2.C4H9O.K/c1-27(2,3)35-26(33)31-21-10-11-22(31)17-30(16-21)24-12-9-19(15-23(24)28)13-14-29-25(32)34-18-20-7-5-4-6-8-20;1-27(2,3)34-26(32)30-23-13-14-24(30)18-29(17-23)22-11-9-20(10-12-22)15-16-28-25(31)33-19-21-7-5-4-6-8-21;1-19(2,3)25-18(24)23-14-5-6-15(23)12-22(11-14)17-7-4-13(8-9-21)10-16(17)20;17-15-8-6-13(7-9-15)10-11-18-16(19)20-12-14-4-2-1-3-5-14;1-11(2,3)15-10(14)13-8-4-5-9(13)7-12-6-8;1-4(2,3)5;/h4-9,12,15,21-22H,10-11,13-14,16-18H2,1-3H3,(H,29,32);4-12,23-24H,13-19H2,1-3H3,(H,28,31);4,7,10,14-15H,5-6,8-9,11-12,21H2,1-3H3;1-9H,10-12H2,(H,18,19);8-9,12H,4-7H2,1-3H3;1-3H3;/q;;;;;-1;+1. The maximum absolute atomic E-state index is 12.7. The Kier molecular flexibility index (Phi) is 42.3. The van der Waals surface area contributed by atoms with Crippen molar-refractivity contribution in [2.24, 2.45) is 5.73 Å². The molecule has 6 N–H and O–H groups in total. The predicted molar refractivity (Wildman–Crippen MR) is 530 cm³/mol. The Labute approximate surface area is 860 Å². The van der Waals surface area contributed by atoms with Crippen molar-refractivity contribution in [3.8, 4) is 0 Å². The van der Waals surface area contributed by atoms with Gasteiger partial charge in [0.25, 0.3) is 0 Å². The first-order chi connectivity index (χ1) is 63.5. The summed E-state index contributed by atoms with van der Waals surface area (Å²) in [6.07, 6.45) is 9.27. The normalized spacial score (nSPS) is 19.6. The molecule has 27 nitrogen and oxygen atoms in total.